The monoisotopic (exact) mass is 618 g/mol. The number of aromatic nitrogens is 3. The quantitative estimate of drug-likeness (QED) is 0.298. The van der Waals surface area contributed by atoms with E-state index in [1.165, 1.54) is 9.58 Å². The number of rotatable bonds is 6. The molecule has 12 heteroatoms. The van der Waals surface area contributed by atoms with Gasteiger partial charge in [-0.05, 0) is 57.9 Å². The van der Waals surface area contributed by atoms with E-state index in [1.807, 2.05) is 51.1 Å². The molecule has 2 unspecified atom stereocenters. The SMILES string of the molecule is CCCn1c(N2CC(C)OC(C)C2)c(/C=C2/SC(=S)N(c3c(C)n(C)n(-c4ccccc4)c3=O)C2=O)c(C)c(C#N)c1=O. The highest BCUT2D eigenvalue weighted by Crippen LogP contribution is 2.39. The third-order valence-electron chi connectivity index (χ3n) is 7.83. The molecule has 1 amide bonds. The molecule has 10 nitrogen and oxygen atoms in total. The Morgan fingerprint density at radius 3 is 2.35 bits per heavy atom. The number of benzene rings is 1. The molecule has 2 saturated heterocycles. The highest BCUT2D eigenvalue weighted by Gasteiger charge is 2.38. The summed E-state index contributed by atoms with van der Waals surface area (Å²) in [5.41, 5.74) is 1.88. The van der Waals surface area contributed by atoms with E-state index >= 15 is 0 Å². The molecule has 1 aromatic carbocycles. The summed E-state index contributed by atoms with van der Waals surface area (Å²) >= 11 is 6.78. The van der Waals surface area contributed by atoms with Crippen LogP contribution in [0.1, 0.15) is 49.6 Å². The number of anilines is 2. The standard InChI is InChI=1S/C31H34N6O4S2/c1-7-13-35-27(34-16-18(2)41-19(3)17-34)23(20(4)24(15-32)28(35)38)14-25-29(39)36(31(42)43-25)26-21(5)33(6)37(30(26)40)22-11-9-8-10-12-22/h8-12,14,18-19H,7,13,16-17H2,1-6H3/b25-14+. The van der Waals surface area contributed by atoms with Crippen LogP contribution in [0.15, 0.2) is 44.8 Å². The minimum atomic E-state index is -0.429. The fourth-order valence-electron chi connectivity index (χ4n) is 5.87. The van der Waals surface area contributed by atoms with Crippen molar-refractivity contribution < 1.29 is 9.53 Å². The first-order chi connectivity index (χ1) is 20.5. The van der Waals surface area contributed by atoms with Crippen LogP contribution < -0.4 is 20.9 Å². The molecule has 0 aliphatic carbocycles. The lowest BCUT2D eigenvalue weighted by molar-refractivity contribution is -0.113. The van der Waals surface area contributed by atoms with Crippen LogP contribution in [0.2, 0.25) is 0 Å². The van der Waals surface area contributed by atoms with Crippen LogP contribution >= 0.6 is 24.0 Å². The van der Waals surface area contributed by atoms with Crippen molar-refractivity contribution in [1.82, 2.24) is 13.9 Å². The Morgan fingerprint density at radius 2 is 1.74 bits per heavy atom. The van der Waals surface area contributed by atoms with Gasteiger partial charge in [0.05, 0.1) is 28.5 Å². The molecule has 0 bridgehead atoms. The van der Waals surface area contributed by atoms with Crippen molar-refractivity contribution in [2.24, 2.45) is 7.05 Å². The Balaban J connectivity index is 1.68. The summed E-state index contributed by atoms with van der Waals surface area (Å²) in [6.07, 6.45) is 2.24. The van der Waals surface area contributed by atoms with Crippen LogP contribution in [-0.4, -0.2) is 49.5 Å². The molecular formula is C31H34N6O4S2. The molecule has 4 heterocycles. The van der Waals surface area contributed by atoms with E-state index in [-0.39, 0.29) is 38.9 Å². The first-order valence-electron chi connectivity index (χ1n) is 14.2. The topological polar surface area (TPSA) is 106 Å². The van der Waals surface area contributed by atoms with Gasteiger partial charge in [0, 0.05) is 32.2 Å². The number of hydrogen-bond acceptors (Lipinski definition) is 8. The third-order valence-corrected chi connectivity index (χ3v) is 9.13. The zero-order chi connectivity index (χ0) is 31.2. The van der Waals surface area contributed by atoms with Crippen LogP contribution in [0, 0.1) is 25.2 Å². The second-order valence-corrected chi connectivity index (χ2v) is 12.6. The van der Waals surface area contributed by atoms with Crippen molar-refractivity contribution in [3.63, 3.8) is 0 Å². The van der Waals surface area contributed by atoms with E-state index in [4.69, 9.17) is 17.0 Å². The van der Waals surface area contributed by atoms with Gasteiger partial charge in [-0.3, -0.25) is 28.5 Å². The van der Waals surface area contributed by atoms with Crippen molar-refractivity contribution in [1.29, 1.82) is 5.26 Å². The van der Waals surface area contributed by atoms with Gasteiger partial charge >= 0.3 is 0 Å². The van der Waals surface area contributed by atoms with Crippen molar-refractivity contribution in [2.45, 2.75) is 59.8 Å². The average Bonchev–Trinajstić information content (AvgIpc) is 3.35. The number of nitrogens with zero attached hydrogens (tertiary/aromatic N) is 6. The lowest BCUT2D eigenvalue weighted by Crippen LogP contribution is -2.48. The second kappa shape index (κ2) is 12.0. The first kappa shape index (κ1) is 30.5. The number of carbonyl (C=O) groups excluding carboxylic acids is 1. The summed E-state index contributed by atoms with van der Waals surface area (Å²) in [4.78, 5) is 45.0. The van der Waals surface area contributed by atoms with Gasteiger partial charge in [-0.15, -0.1) is 0 Å². The number of pyridine rings is 1. The molecular weight excluding hydrogens is 585 g/mol. The normalized spacial score (nSPS) is 19.9. The summed E-state index contributed by atoms with van der Waals surface area (Å²) in [6.45, 7) is 11.0. The molecule has 2 fully saturated rings. The van der Waals surface area contributed by atoms with Gasteiger partial charge in [-0.2, -0.15) is 5.26 Å². The molecule has 2 aliphatic rings. The van der Waals surface area contributed by atoms with Gasteiger partial charge in [0.2, 0.25) is 0 Å². The van der Waals surface area contributed by atoms with Crippen LogP contribution in [-0.2, 0) is 23.1 Å². The zero-order valence-corrected chi connectivity index (χ0v) is 26.7. The number of carbonyl (C=O) groups is 1. The summed E-state index contributed by atoms with van der Waals surface area (Å²) in [5.74, 6) is 0.222. The summed E-state index contributed by atoms with van der Waals surface area (Å²) in [5, 5.41) is 9.97. The Labute approximate surface area is 259 Å². The predicted octanol–water partition coefficient (Wildman–Crippen LogP) is 4.26. The number of ether oxygens (including phenoxy) is 1. The number of nitriles is 1. The fraction of sp³-hybridized carbons (Fsp3) is 0.387. The lowest BCUT2D eigenvalue weighted by Gasteiger charge is -2.39. The van der Waals surface area contributed by atoms with Gasteiger partial charge < -0.3 is 9.64 Å². The smallest absolute Gasteiger partial charge is 0.296 e. The molecule has 0 radical (unpaired) electrons. The maximum Gasteiger partial charge on any atom is 0.296 e. The molecule has 2 aromatic heterocycles. The largest absolute Gasteiger partial charge is 0.372 e. The van der Waals surface area contributed by atoms with Gasteiger partial charge in [0.1, 0.15) is 23.1 Å². The summed E-state index contributed by atoms with van der Waals surface area (Å²) in [6, 6.07) is 11.3. The van der Waals surface area contributed by atoms with Crippen LogP contribution in [0.5, 0.6) is 0 Å². The molecule has 0 spiro atoms. The first-order valence-corrected chi connectivity index (χ1v) is 15.4. The molecule has 0 saturated carbocycles. The third kappa shape index (κ3) is 5.26. The van der Waals surface area contributed by atoms with E-state index in [0.29, 0.717) is 59.3 Å². The molecule has 2 atom stereocenters. The van der Waals surface area contributed by atoms with Crippen LogP contribution in [0.3, 0.4) is 0 Å². The van der Waals surface area contributed by atoms with Gasteiger partial charge in [-0.1, -0.05) is 49.1 Å². The van der Waals surface area contributed by atoms with Crippen molar-refractivity contribution in [3.05, 3.63) is 78.3 Å². The number of para-hydroxylation sites is 1. The fourth-order valence-corrected chi connectivity index (χ4v) is 7.12. The van der Waals surface area contributed by atoms with Crippen LogP contribution in [0.25, 0.3) is 11.8 Å². The van der Waals surface area contributed by atoms with E-state index in [1.54, 1.807) is 36.2 Å². The predicted molar refractivity (Wildman–Crippen MR) is 174 cm³/mol. The maximum absolute atomic E-state index is 14.0. The second-order valence-electron chi connectivity index (χ2n) is 10.9. The minimum Gasteiger partial charge on any atom is -0.372 e. The summed E-state index contributed by atoms with van der Waals surface area (Å²) < 4.78 is 11.1. The van der Waals surface area contributed by atoms with E-state index in [0.717, 1.165) is 11.8 Å². The minimum absolute atomic E-state index is 0.0398. The number of hydrogen-bond donors (Lipinski definition) is 0. The Morgan fingerprint density at radius 1 is 1.09 bits per heavy atom. The van der Waals surface area contributed by atoms with Gasteiger partial charge in [0.25, 0.3) is 17.0 Å². The molecule has 5 rings (SSSR count). The Bertz CT molecular complexity index is 1800. The van der Waals surface area contributed by atoms with Crippen LogP contribution in [0.4, 0.5) is 11.5 Å². The van der Waals surface area contributed by atoms with E-state index in [2.05, 4.69) is 11.0 Å². The van der Waals surface area contributed by atoms with E-state index in [9.17, 15) is 19.6 Å². The molecule has 3 aromatic rings. The van der Waals surface area contributed by atoms with Gasteiger partial charge in [-0.25, -0.2) is 4.68 Å². The number of thioether (sulfide) groups is 1. The highest BCUT2D eigenvalue weighted by atomic mass is 32.2. The molecule has 43 heavy (non-hydrogen) atoms. The number of thiocarbonyl (C=S) groups is 1. The number of amides is 1. The lowest BCUT2D eigenvalue weighted by atomic mass is 10.0. The average molecular weight is 619 g/mol. The summed E-state index contributed by atoms with van der Waals surface area (Å²) in [7, 11) is 1.76. The van der Waals surface area contributed by atoms with Gasteiger partial charge in [0.15, 0.2) is 4.32 Å². The Kier molecular flexibility index (Phi) is 8.51. The van der Waals surface area contributed by atoms with Crippen molar-refractivity contribution in [2.75, 3.05) is 22.9 Å². The van der Waals surface area contributed by atoms with E-state index < -0.39 is 5.91 Å². The zero-order valence-electron chi connectivity index (χ0n) is 25.1. The molecule has 224 valence electrons. The Hall–Kier alpha value is -3.92. The molecule has 2 aliphatic heterocycles. The van der Waals surface area contributed by atoms with Crippen molar-refractivity contribution in [3.8, 4) is 11.8 Å². The highest BCUT2D eigenvalue weighted by molar-refractivity contribution is 8.27. The number of morpholine rings is 1. The van der Waals surface area contributed by atoms with Crippen molar-refractivity contribution >= 4 is 51.8 Å². The maximum atomic E-state index is 14.0. The molecule has 0 N–H and O–H groups in total.